The van der Waals surface area contributed by atoms with Gasteiger partial charge < -0.3 is 9.47 Å². The van der Waals surface area contributed by atoms with E-state index < -0.39 is 0 Å². The van der Waals surface area contributed by atoms with Gasteiger partial charge in [0.15, 0.2) is 0 Å². The van der Waals surface area contributed by atoms with Gasteiger partial charge in [0.2, 0.25) is 0 Å². The fourth-order valence-electron chi connectivity index (χ4n) is 8.64. The van der Waals surface area contributed by atoms with Gasteiger partial charge in [0.05, 0.1) is 22.4 Å². The van der Waals surface area contributed by atoms with E-state index in [1.165, 1.54) is 86.7 Å². The van der Waals surface area contributed by atoms with Gasteiger partial charge in [-0.05, 0) is 88.5 Å². The van der Waals surface area contributed by atoms with Crippen LogP contribution in [0.3, 0.4) is 0 Å². The van der Waals surface area contributed by atoms with Gasteiger partial charge in [-0.15, -0.1) is 11.3 Å². The van der Waals surface area contributed by atoms with Crippen molar-refractivity contribution >= 4 is 70.4 Å². The minimum atomic E-state index is 1.11. The van der Waals surface area contributed by atoms with Crippen LogP contribution in [-0.2, 0) is 0 Å². The summed E-state index contributed by atoms with van der Waals surface area (Å²) in [5, 5.41) is 5.09. The van der Waals surface area contributed by atoms with Crippen molar-refractivity contribution in [1.29, 1.82) is 0 Å². The zero-order valence-electron chi connectivity index (χ0n) is 31.1. The highest BCUT2D eigenvalue weighted by Gasteiger charge is 2.20. The zero-order valence-corrected chi connectivity index (χ0v) is 31.9. The molecule has 9 aromatic carbocycles. The molecule has 0 spiro atoms. The maximum Gasteiger partial charge on any atom is 0.0554 e. The maximum atomic E-state index is 2.43. The topological polar surface area (TPSA) is 8.17 Å². The molecule has 11 rings (SSSR count). The quantitative estimate of drug-likeness (QED) is 0.158. The second-order valence-electron chi connectivity index (χ2n) is 14.5. The van der Waals surface area contributed by atoms with Crippen LogP contribution >= 0.6 is 11.3 Å². The number of thiophene rings is 1. The average molecular weight is 745 g/mol. The molecule has 0 saturated heterocycles. The van der Waals surface area contributed by atoms with E-state index in [1.54, 1.807) is 0 Å². The first kappa shape index (κ1) is 33.2. The molecule has 3 heteroatoms. The minimum absolute atomic E-state index is 1.11. The number of hydrogen-bond acceptors (Lipinski definition) is 2. The van der Waals surface area contributed by atoms with Crippen LogP contribution in [0.1, 0.15) is 0 Å². The Morgan fingerprint density at radius 3 is 1.54 bits per heavy atom. The molecule has 0 atom stereocenters. The van der Waals surface area contributed by atoms with E-state index in [2.05, 4.69) is 228 Å². The van der Waals surface area contributed by atoms with Crippen molar-refractivity contribution in [1.82, 2.24) is 4.57 Å². The number of para-hydroxylation sites is 3. The van der Waals surface area contributed by atoms with Gasteiger partial charge in [0.1, 0.15) is 0 Å². The van der Waals surface area contributed by atoms with Gasteiger partial charge in [-0.25, -0.2) is 0 Å². The number of nitrogens with zero attached hydrogens (tertiary/aromatic N) is 2. The zero-order chi connectivity index (χ0) is 37.7. The summed E-state index contributed by atoms with van der Waals surface area (Å²) in [6, 6.07) is 79.3. The van der Waals surface area contributed by atoms with Gasteiger partial charge in [0, 0.05) is 47.9 Å². The van der Waals surface area contributed by atoms with E-state index in [-0.39, 0.29) is 0 Å². The SMILES string of the molecule is c1ccc(-c2ccc(N(c3ccc(-c4ccccc4-c4ccccc4-n4c5ccccc5c5ccccc54)cc3)c3cccc4sc5ccccc5c34)cc2)cc1. The molecule has 0 aliphatic heterocycles. The molecule has 0 fully saturated rings. The number of aromatic nitrogens is 1. The van der Waals surface area contributed by atoms with Crippen molar-refractivity contribution < 1.29 is 0 Å². The van der Waals surface area contributed by atoms with Gasteiger partial charge in [-0.3, -0.25) is 0 Å². The van der Waals surface area contributed by atoms with Crippen molar-refractivity contribution in [3.8, 4) is 39.1 Å². The molecule has 0 saturated carbocycles. The molecule has 0 N–H and O–H groups in total. The highest BCUT2D eigenvalue weighted by molar-refractivity contribution is 7.26. The van der Waals surface area contributed by atoms with Crippen LogP contribution in [0.5, 0.6) is 0 Å². The van der Waals surface area contributed by atoms with Gasteiger partial charge in [0.25, 0.3) is 0 Å². The highest BCUT2D eigenvalue weighted by Crippen LogP contribution is 2.46. The Balaban J connectivity index is 1.05. The lowest BCUT2D eigenvalue weighted by molar-refractivity contribution is 1.18. The summed E-state index contributed by atoms with van der Waals surface area (Å²) in [5.41, 5.74) is 14.2. The fourth-order valence-corrected chi connectivity index (χ4v) is 9.77. The largest absolute Gasteiger partial charge is 0.310 e. The number of anilines is 3. The molecule has 57 heavy (non-hydrogen) atoms. The van der Waals surface area contributed by atoms with Crippen LogP contribution in [0.4, 0.5) is 17.1 Å². The first-order valence-electron chi connectivity index (χ1n) is 19.4. The summed E-state index contributed by atoms with van der Waals surface area (Å²) in [6.45, 7) is 0. The maximum absolute atomic E-state index is 2.43. The molecule has 0 aliphatic rings. The van der Waals surface area contributed by atoms with Crippen molar-refractivity contribution in [3.05, 3.63) is 218 Å². The van der Waals surface area contributed by atoms with E-state index in [4.69, 9.17) is 0 Å². The Labute approximate surface area is 335 Å². The standard InChI is InChI=1S/C54H36N2S/c1-2-15-37(16-3-1)38-29-33-40(34-30-38)55(51-26-14-28-53-54(51)47-22-9-13-27-52(47)57-53)41-35-31-39(32-36-41)42-17-4-5-18-43(42)44-19-6-10-23-48(44)56-49-24-11-7-20-45(49)46-21-8-12-25-50(46)56/h1-36H. The van der Waals surface area contributed by atoms with Crippen LogP contribution in [0, 0.1) is 0 Å². The smallest absolute Gasteiger partial charge is 0.0554 e. The summed E-state index contributed by atoms with van der Waals surface area (Å²) in [5.74, 6) is 0. The number of hydrogen-bond donors (Lipinski definition) is 0. The predicted octanol–water partition coefficient (Wildman–Crippen LogP) is 15.6. The number of fused-ring (bicyclic) bond motifs is 6. The van der Waals surface area contributed by atoms with Crippen LogP contribution in [-0.4, -0.2) is 4.57 Å². The molecule has 0 radical (unpaired) electrons. The highest BCUT2D eigenvalue weighted by atomic mass is 32.1. The molecular weight excluding hydrogens is 709 g/mol. The molecule has 2 aromatic heterocycles. The summed E-state index contributed by atoms with van der Waals surface area (Å²) < 4.78 is 5.01. The Kier molecular flexibility index (Phi) is 8.04. The Bertz CT molecular complexity index is 3170. The molecule has 0 amide bonds. The van der Waals surface area contributed by atoms with Gasteiger partial charge in [-0.1, -0.05) is 158 Å². The third-order valence-corrected chi connectivity index (χ3v) is 12.4. The number of benzene rings is 9. The molecule has 2 nitrogen and oxygen atoms in total. The summed E-state index contributed by atoms with van der Waals surface area (Å²) in [7, 11) is 0. The lowest BCUT2D eigenvalue weighted by Gasteiger charge is -2.27. The molecule has 2 heterocycles. The molecular formula is C54H36N2S. The molecule has 268 valence electrons. The van der Waals surface area contributed by atoms with Gasteiger partial charge in [-0.2, -0.15) is 0 Å². The van der Waals surface area contributed by atoms with Gasteiger partial charge >= 0.3 is 0 Å². The first-order chi connectivity index (χ1) is 28.3. The predicted molar refractivity (Wildman–Crippen MR) is 245 cm³/mol. The van der Waals surface area contributed by atoms with E-state index >= 15 is 0 Å². The van der Waals surface area contributed by atoms with E-state index in [1.807, 2.05) is 11.3 Å². The minimum Gasteiger partial charge on any atom is -0.310 e. The summed E-state index contributed by atoms with van der Waals surface area (Å²) in [6.07, 6.45) is 0. The third-order valence-electron chi connectivity index (χ3n) is 11.2. The van der Waals surface area contributed by atoms with E-state index in [9.17, 15) is 0 Å². The first-order valence-corrected chi connectivity index (χ1v) is 20.3. The average Bonchev–Trinajstić information content (AvgIpc) is 3.84. The van der Waals surface area contributed by atoms with Crippen molar-refractivity contribution in [3.63, 3.8) is 0 Å². The Morgan fingerprint density at radius 2 is 0.842 bits per heavy atom. The molecule has 0 bridgehead atoms. The second kappa shape index (κ2) is 13.8. The normalized spacial score (nSPS) is 11.5. The second-order valence-corrected chi connectivity index (χ2v) is 15.6. The molecule has 11 aromatic rings. The van der Waals surface area contributed by atoms with Crippen LogP contribution in [0.15, 0.2) is 218 Å². The van der Waals surface area contributed by atoms with E-state index in [0.717, 1.165) is 11.4 Å². The van der Waals surface area contributed by atoms with Crippen molar-refractivity contribution in [2.24, 2.45) is 0 Å². The number of rotatable bonds is 7. The summed E-state index contributed by atoms with van der Waals surface area (Å²) in [4.78, 5) is 2.42. The summed E-state index contributed by atoms with van der Waals surface area (Å²) >= 11 is 1.86. The monoisotopic (exact) mass is 744 g/mol. The Morgan fingerprint density at radius 1 is 0.333 bits per heavy atom. The van der Waals surface area contributed by atoms with Crippen molar-refractivity contribution in [2.45, 2.75) is 0 Å². The Hall–Kier alpha value is -7.20. The van der Waals surface area contributed by atoms with Crippen LogP contribution in [0.2, 0.25) is 0 Å². The van der Waals surface area contributed by atoms with E-state index in [0.29, 0.717) is 0 Å². The van der Waals surface area contributed by atoms with Crippen LogP contribution in [0.25, 0.3) is 81.0 Å². The third kappa shape index (κ3) is 5.63. The van der Waals surface area contributed by atoms with Crippen molar-refractivity contribution in [2.75, 3.05) is 4.90 Å². The lowest BCUT2D eigenvalue weighted by Crippen LogP contribution is -2.10. The lowest BCUT2D eigenvalue weighted by atomic mass is 9.93. The molecule has 0 aliphatic carbocycles. The molecule has 0 unspecified atom stereocenters. The van der Waals surface area contributed by atoms with Crippen LogP contribution < -0.4 is 4.90 Å². The fraction of sp³-hybridized carbons (Fsp3) is 0.